The van der Waals surface area contributed by atoms with E-state index in [-0.39, 0.29) is 41.1 Å². The normalized spacial score (nSPS) is 19.2. The summed E-state index contributed by atoms with van der Waals surface area (Å²) in [5.74, 6) is 2.43. The van der Waals surface area contributed by atoms with Crippen LogP contribution in [0.25, 0.3) is 33.8 Å². The highest BCUT2D eigenvalue weighted by atomic mass is 16.5. The number of amides is 3. The number of nitrogens with zero attached hydrogens (tertiary/aromatic N) is 9. The van der Waals surface area contributed by atoms with Gasteiger partial charge in [0.1, 0.15) is 29.6 Å². The standard InChI is InChI=1S/C46H58N12O4/c1-46(2,3)58-44-38(42(47)50-27-51-44)39(54-58)40-37(41(62-55-40)30-10-11-30)43-48-23-31(24-49-43)32-25-57(26-32)36(60)9-7-5-4-6-8-20-56-21-18-29(19-22-56)28-12-14-33(15-13-28)52-34-16-17-35(59)53-45(34)61/h12-15,23-24,27,29-30,32,34,52H,4-11,16-22,25-26H2,1-3H3,(H2,47,50,51)(H,53,59,61). The summed E-state index contributed by atoms with van der Waals surface area (Å²) in [6.45, 7) is 10.9. The molecule has 1 aromatic carbocycles. The molecule has 4 aromatic heterocycles. The molecule has 3 amide bonds. The van der Waals surface area contributed by atoms with Crippen LogP contribution in [0, 0.1) is 0 Å². The van der Waals surface area contributed by atoms with E-state index in [2.05, 4.69) is 75.7 Å². The predicted octanol–water partition coefficient (Wildman–Crippen LogP) is 6.52. The molecule has 5 aromatic rings. The van der Waals surface area contributed by atoms with E-state index in [1.165, 1.54) is 24.7 Å². The highest BCUT2D eigenvalue weighted by Crippen LogP contribution is 2.48. The van der Waals surface area contributed by atoms with Gasteiger partial charge >= 0.3 is 0 Å². The number of aromatic nitrogens is 7. The number of nitrogens with two attached hydrogens (primary N) is 1. The number of imide groups is 1. The van der Waals surface area contributed by atoms with Gasteiger partial charge in [0.2, 0.25) is 17.7 Å². The smallest absolute Gasteiger partial charge is 0.249 e. The first kappa shape index (κ1) is 41.6. The van der Waals surface area contributed by atoms with Gasteiger partial charge in [-0.05, 0) is 115 Å². The van der Waals surface area contributed by atoms with Gasteiger partial charge in [0.25, 0.3) is 0 Å². The van der Waals surface area contributed by atoms with Crippen molar-refractivity contribution in [3.63, 3.8) is 0 Å². The van der Waals surface area contributed by atoms with Crippen molar-refractivity contribution in [1.82, 2.24) is 50.0 Å². The number of hydrogen-bond donors (Lipinski definition) is 3. The predicted molar refractivity (Wildman–Crippen MR) is 235 cm³/mol. The number of anilines is 2. The summed E-state index contributed by atoms with van der Waals surface area (Å²) in [7, 11) is 0. The fraction of sp³-hybridized carbons (Fsp3) is 0.543. The molecule has 0 bridgehead atoms. The lowest BCUT2D eigenvalue weighted by Gasteiger charge is -2.39. The van der Waals surface area contributed by atoms with Gasteiger partial charge in [0, 0.05) is 55.8 Å². The third-order valence-electron chi connectivity index (χ3n) is 13.0. The van der Waals surface area contributed by atoms with Gasteiger partial charge in [-0.1, -0.05) is 36.6 Å². The molecule has 4 fully saturated rings. The van der Waals surface area contributed by atoms with Gasteiger partial charge in [0.15, 0.2) is 17.2 Å². The van der Waals surface area contributed by atoms with Crippen LogP contribution in [0.2, 0.25) is 0 Å². The number of piperidine rings is 2. The van der Waals surface area contributed by atoms with Gasteiger partial charge in [-0.2, -0.15) is 5.10 Å². The number of rotatable bonds is 15. The molecule has 3 aliphatic heterocycles. The van der Waals surface area contributed by atoms with E-state index in [1.54, 1.807) is 0 Å². The zero-order chi connectivity index (χ0) is 43.0. The van der Waals surface area contributed by atoms with E-state index in [0.29, 0.717) is 72.3 Å². The number of fused-ring (bicyclic) bond motifs is 1. The Kier molecular flexibility index (Phi) is 11.8. The Morgan fingerprint density at radius 2 is 1.58 bits per heavy atom. The Labute approximate surface area is 361 Å². The monoisotopic (exact) mass is 842 g/mol. The topological polar surface area (TPSA) is 203 Å². The van der Waals surface area contributed by atoms with Crippen molar-refractivity contribution in [2.45, 2.75) is 127 Å². The molecular weight excluding hydrogens is 785 g/mol. The van der Waals surface area contributed by atoms with Gasteiger partial charge in [-0.15, -0.1) is 0 Å². The largest absolute Gasteiger partial charge is 0.383 e. The van der Waals surface area contributed by atoms with E-state index in [1.807, 2.05) is 22.0 Å². The highest BCUT2D eigenvalue weighted by Gasteiger charge is 2.37. The number of likely N-dealkylation sites (tertiary alicyclic amines) is 2. The van der Waals surface area contributed by atoms with Crippen molar-refractivity contribution in [3.8, 4) is 22.8 Å². The second kappa shape index (κ2) is 17.5. The molecular formula is C46H58N12O4. The molecule has 9 rings (SSSR count). The van der Waals surface area contributed by atoms with E-state index in [4.69, 9.17) is 25.3 Å². The fourth-order valence-electron chi connectivity index (χ4n) is 9.16. The molecule has 1 saturated carbocycles. The Hall–Kier alpha value is -5.77. The maximum absolute atomic E-state index is 13.0. The molecule has 0 radical (unpaired) electrons. The number of carbonyl (C=O) groups excluding carboxylic acids is 3. The lowest BCUT2D eigenvalue weighted by atomic mass is 9.89. The van der Waals surface area contributed by atoms with E-state index in [0.717, 1.165) is 87.2 Å². The lowest BCUT2D eigenvalue weighted by Crippen LogP contribution is -2.48. The zero-order valence-corrected chi connectivity index (χ0v) is 36.1. The minimum absolute atomic E-state index is 0.198. The van der Waals surface area contributed by atoms with Crippen molar-refractivity contribution >= 4 is 40.3 Å². The van der Waals surface area contributed by atoms with Crippen molar-refractivity contribution in [2.24, 2.45) is 0 Å². The van der Waals surface area contributed by atoms with Crippen LogP contribution in [-0.2, 0) is 19.9 Å². The fourth-order valence-corrected chi connectivity index (χ4v) is 9.16. The Morgan fingerprint density at radius 1 is 0.855 bits per heavy atom. The molecule has 7 heterocycles. The summed E-state index contributed by atoms with van der Waals surface area (Å²) in [6, 6.07) is 8.09. The number of benzene rings is 1. The van der Waals surface area contributed by atoms with Crippen LogP contribution >= 0.6 is 0 Å². The maximum atomic E-state index is 13.0. The molecule has 0 spiro atoms. The summed E-state index contributed by atoms with van der Waals surface area (Å²) in [5.41, 5.74) is 11.8. The molecule has 4 N–H and O–H groups in total. The van der Waals surface area contributed by atoms with E-state index < -0.39 is 0 Å². The average molecular weight is 843 g/mol. The molecule has 326 valence electrons. The molecule has 62 heavy (non-hydrogen) atoms. The molecule has 16 heteroatoms. The van der Waals surface area contributed by atoms with Crippen molar-refractivity contribution < 1.29 is 18.9 Å². The second-order valence-electron chi connectivity index (χ2n) is 18.7. The third-order valence-corrected chi connectivity index (χ3v) is 13.0. The van der Waals surface area contributed by atoms with Gasteiger partial charge in [-0.25, -0.2) is 24.6 Å². The number of unbranched alkanes of at least 4 members (excludes halogenated alkanes) is 4. The van der Waals surface area contributed by atoms with Crippen LogP contribution in [0.15, 0.2) is 47.5 Å². The maximum Gasteiger partial charge on any atom is 0.249 e. The minimum Gasteiger partial charge on any atom is -0.383 e. The summed E-state index contributed by atoms with van der Waals surface area (Å²) >= 11 is 0. The van der Waals surface area contributed by atoms with Crippen molar-refractivity contribution in [2.75, 3.05) is 43.8 Å². The first-order valence-electron chi connectivity index (χ1n) is 22.5. The summed E-state index contributed by atoms with van der Waals surface area (Å²) in [5, 5.41) is 15.8. The van der Waals surface area contributed by atoms with Crippen LogP contribution in [0.4, 0.5) is 11.5 Å². The second-order valence-corrected chi connectivity index (χ2v) is 18.7. The van der Waals surface area contributed by atoms with Crippen molar-refractivity contribution in [1.29, 1.82) is 0 Å². The number of carbonyl (C=O) groups is 3. The number of hydrogen-bond acceptors (Lipinski definition) is 13. The molecule has 4 aliphatic rings. The average Bonchev–Trinajstić information content (AvgIpc) is 3.86. The van der Waals surface area contributed by atoms with E-state index in [9.17, 15) is 14.4 Å². The highest BCUT2D eigenvalue weighted by molar-refractivity contribution is 6.02. The molecule has 3 saturated heterocycles. The summed E-state index contributed by atoms with van der Waals surface area (Å²) in [6.07, 6.45) is 16.6. The lowest BCUT2D eigenvalue weighted by molar-refractivity contribution is -0.136. The Morgan fingerprint density at radius 3 is 2.29 bits per heavy atom. The van der Waals surface area contributed by atoms with Crippen molar-refractivity contribution in [3.05, 3.63) is 59.9 Å². The van der Waals surface area contributed by atoms with Crippen LogP contribution in [0.1, 0.15) is 132 Å². The quantitative estimate of drug-likeness (QED) is 0.0761. The first-order valence-corrected chi connectivity index (χ1v) is 22.5. The molecule has 16 nitrogen and oxygen atoms in total. The third kappa shape index (κ3) is 8.92. The molecule has 1 unspecified atom stereocenters. The SMILES string of the molecule is CC(C)(C)n1nc(-c2noc(C3CC3)c2-c2ncc(C3CN(C(=O)CCCCCCCN4CCC(c5ccc(NC6CCC(=O)NC6=O)cc5)CC4)C3)cn2)c2c(N)ncnc21. The first-order chi connectivity index (χ1) is 30.0. The van der Waals surface area contributed by atoms with Crippen LogP contribution < -0.4 is 16.4 Å². The van der Waals surface area contributed by atoms with Crippen LogP contribution in [0.3, 0.4) is 0 Å². The number of nitrogens with one attached hydrogen (secondary N) is 2. The number of nitrogen functional groups attached to an aromatic ring is 1. The molecule has 1 aliphatic carbocycles. The van der Waals surface area contributed by atoms with Gasteiger partial charge in [-0.3, -0.25) is 19.7 Å². The summed E-state index contributed by atoms with van der Waals surface area (Å²) in [4.78, 5) is 59.6. The Bertz CT molecular complexity index is 2400. The van der Waals surface area contributed by atoms with Crippen LogP contribution in [-0.4, -0.2) is 101 Å². The Balaban J connectivity index is 0.687. The minimum atomic E-state index is -0.363. The molecule has 1 atom stereocenters. The van der Waals surface area contributed by atoms with Gasteiger partial charge in [0.05, 0.1) is 16.5 Å². The van der Waals surface area contributed by atoms with E-state index >= 15 is 0 Å². The van der Waals surface area contributed by atoms with Crippen LogP contribution in [0.5, 0.6) is 0 Å². The summed E-state index contributed by atoms with van der Waals surface area (Å²) < 4.78 is 7.81. The van der Waals surface area contributed by atoms with Gasteiger partial charge < -0.3 is 25.4 Å². The zero-order valence-electron chi connectivity index (χ0n) is 36.1.